The highest BCUT2D eigenvalue weighted by molar-refractivity contribution is 7.89. The van der Waals surface area contributed by atoms with Crippen molar-refractivity contribution in [1.82, 2.24) is 9.62 Å². The molecular formula is C20H28N2O3S2. The molecule has 0 aliphatic carbocycles. The van der Waals surface area contributed by atoms with Crippen molar-refractivity contribution in [2.24, 2.45) is 5.92 Å². The second-order valence-corrected chi connectivity index (χ2v) is 9.82. The third-order valence-electron chi connectivity index (χ3n) is 5.10. The lowest BCUT2D eigenvalue weighted by molar-refractivity contribution is 0.179. The predicted molar refractivity (Wildman–Crippen MR) is 111 cm³/mol. The summed E-state index contributed by atoms with van der Waals surface area (Å²) < 4.78 is 32.5. The molecule has 2 heterocycles. The summed E-state index contributed by atoms with van der Waals surface area (Å²) in [6.45, 7) is 3.63. The van der Waals surface area contributed by atoms with Crippen LogP contribution in [0.5, 0.6) is 5.75 Å². The minimum absolute atomic E-state index is 0.121. The average Bonchev–Trinajstić information content (AvgIpc) is 3.19. The summed E-state index contributed by atoms with van der Waals surface area (Å²) in [6, 6.07) is 9.72. The van der Waals surface area contributed by atoms with Crippen molar-refractivity contribution in [1.29, 1.82) is 0 Å². The first-order valence-electron chi connectivity index (χ1n) is 9.38. The number of methoxy groups -OCH3 is 1. The van der Waals surface area contributed by atoms with Gasteiger partial charge in [-0.05, 0) is 78.4 Å². The van der Waals surface area contributed by atoms with E-state index in [1.807, 2.05) is 24.3 Å². The van der Waals surface area contributed by atoms with E-state index in [1.165, 1.54) is 5.56 Å². The molecule has 0 unspecified atom stereocenters. The minimum Gasteiger partial charge on any atom is -0.497 e. The number of benzene rings is 1. The van der Waals surface area contributed by atoms with Gasteiger partial charge in [-0.25, -0.2) is 13.1 Å². The number of thiophene rings is 1. The Morgan fingerprint density at radius 3 is 2.52 bits per heavy atom. The Balaban J connectivity index is 1.37. The van der Waals surface area contributed by atoms with E-state index in [0.717, 1.165) is 43.8 Å². The molecule has 0 amide bonds. The lowest BCUT2D eigenvalue weighted by atomic mass is 9.97. The van der Waals surface area contributed by atoms with Crippen LogP contribution in [0.3, 0.4) is 0 Å². The van der Waals surface area contributed by atoms with Gasteiger partial charge in [-0.15, -0.1) is 0 Å². The molecule has 1 aliphatic heterocycles. The fourth-order valence-corrected chi connectivity index (χ4v) is 5.15. The zero-order chi connectivity index (χ0) is 19.1. The summed E-state index contributed by atoms with van der Waals surface area (Å²) in [5.41, 5.74) is 2.38. The number of nitrogens with zero attached hydrogens (tertiary/aromatic N) is 1. The van der Waals surface area contributed by atoms with Crippen LogP contribution in [0, 0.1) is 5.92 Å². The molecule has 27 heavy (non-hydrogen) atoms. The Kier molecular flexibility index (Phi) is 7.29. The maximum atomic E-state index is 12.3. The molecule has 0 bridgehead atoms. The number of piperidine rings is 1. The van der Waals surface area contributed by atoms with Gasteiger partial charge >= 0.3 is 0 Å². The van der Waals surface area contributed by atoms with Gasteiger partial charge in [-0.1, -0.05) is 12.1 Å². The van der Waals surface area contributed by atoms with Crippen LogP contribution in [0.2, 0.25) is 0 Å². The summed E-state index contributed by atoms with van der Waals surface area (Å²) in [5.74, 6) is 1.33. The SMILES string of the molecule is COc1ccc(CCS(=O)(=O)NCC2CCN(Cc3ccsc3)CC2)cc1. The molecule has 1 aromatic heterocycles. The van der Waals surface area contributed by atoms with Gasteiger partial charge in [0.15, 0.2) is 0 Å². The van der Waals surface area contributed by atoms with Crippen LogP contribution in [0.15, 0.2) is 41.1 Å². The number of ether oxygens (including phenoxy) is 1. The van der Waals surface area contributed by atoms with Crippen molar-refractivity contribution in [2.45, 2.75) is 25.8 Å². The molecule has 1 N–H and O–H groups in total. The summed E-state index contributed by atoms with van der Waals surface area (Å²) in [5, 5.41) is 4.31. The molecule has 1 saturated heterocycles. The van der Waals surface area contributed by atoms with Crippen molar-refractivity contribution in [3.8, 4) is 5.75 Å². The number of hydrogen-bond donors (Lipinski definition) is 1. The lowest BCUT2D eigenvalue weighted by Crippen LogP contribution is -2.39. The minimum atomic E-state index is -3.24. The third-order valence-corrected chi connectivity index (χ3v) is 7.18. The van der Waals surface area contributed by atoms with Crippen molar-refractivity contribution in [3.05, 3.63) is 52.2 Å². The maximum Gasteiger partial charge on any atom is 0.211 e. The van der Waals surface area contributed by atoms with Gasteiger partial charge < -0.3 is 4.74 Å². The van der Waals surface area contributed by atoms with Crippen LogP contribution in [0.1, 0.15) is 24.0 Å². The van der Waals surface area contributed by atoms with Gasteiger partial charge in [0, 0.05) is 13.1 Å². The summed E-state index contributed by atoms with van der Waals surface area (Å²) in [6.07, 6.45) is 2.61. The van der Waals surface area contributed by atoms with E-state index in [2.05, 4.69) is 26.4 Å². The average molecular weight is 409 g/mol. The molecule has 0 atom stereocenters. The fraction of sp³-hybridized carbons (Fsp3) is 0.500. The molecule has 5 nitrogen and oxygen atoms in total. The van der Waals surface area contributed by atoms with Crippen molar-refractivity contribution in [3.63, 3.8) is 0 Å². The molecule has 3 rings (SSSR count). The Hall–Kier alpha value is -1.41. The molecule has 0 radical (unpaired) electrons. The molecular weight excluding hydrogens is 380 g/mol. The van der Waals surface area contributed by atoms with Gasteiger partial charge in [-0.3, -0.25) is 4.90 Å². The second kappa shape index (κ2) is 9.68. The van der Waals surface area contributed by atoms with Crippen LogP contribution in [0.4, 0.5) is 0 Å². The Morgan fingerprint density at radius 2 is 1.89 bits per heavy atom. The number of sulfonamides is 1. The standard InChI is InChI=1S/C20H28N2O3S2/c1-25-20-4-2-17(3-5-20)9-13-27(23,24)21-14-18-6-10-22(11-7-18)15-19-8-12-26-16-19/h2-5,8,12,16,18,21H,6-7,9-11,13-15H2,1H3. The quantitative estimate of drug-likeness (QED) is 0.693. The zero-order valence-corrected chi connectivity index (χ0v) is 17.4. The second-order valence-electron chi connectivity index (χ2n) is 7.12. The maximum absolute atomic E-state index is 12.3. The first-order valence-corrected chi connectivity index (χ1v) is 12.0. The van der Waals surface area contributed by atoms with Crippen LogP contribution in [-0.2, 0) is 23.0 Å². The van der Waals surface area contributed by atoms with Crippen molar-refractivity contribution < 1.29 is 13.2 Å². The molecule has 2 aromatic rings. The predicted octanol–water partition coefficient (Wildman–Crippen LogP) is 3.13. The van der Waals surface area contributed by atoms with E-state index >= 15 is 0 Å². The molecule has 0 spiro atoms. The van der Waals surface area contributed by atoms with E-state index in [-0.39, 0.29) is 5.75 Å². The van der Waals surface area contributed by atoms with E-state index in [4.69, 9.17) is 4.74 Å². The molecule has 7 heteroatoms. The fourth-order valence-electron chi connectivity index (χ4n) is 3.35. The van der Waals surface area contributed by atoms with E-state index < -0.39 is 10.0 Å². The normalized spacial score (nSPS) is 16.5. The number of rotatable bonds is 9. The number of aryl methyl sites for hydroxylation is 1. The lowest BCUT2D eigenvalue weighted by Gasteiger charge is -2.31. The van der Waals surface area contributed by atoms with Crippen molar-refractivity contribution >= 4 is 21.4 Å². The first-order chi connectivity index (χ1) is 13.0. The highest BCUT2D eigenvalue weighted by Crippen LogP contribution is 2.19. The number of nitrogens with one attached hydrogen (secondary N) is 1. The number of hydrogen-bond acceptors (Lipinski definition) is 5. The molecule has 0 saturated carbocycles. The zero-order valence-electron chi connectivity index (χ0n) is 15.8. The van der Waals surface area contributed by atoms with Crippen LogP contribution in [-0.4, -0.2) is 45.8 Å². The van der Waals surface area contributed by atoms with Crippen LogP contribution in [0.25, 0.3) is 0 Å². The van der Waals surface area contributed by atoms with Gasteiger partial charge in [-0.2, -0.15) is 11.3 Å². The molecule has 1 aromatic carbocycles. The summed E-state index contributed by atoms with van der Waals surface area (Å²) in [7, 11) is -1.62. The molecule has 1 fully saturated rings. The highest BCUT2D eigenvalue weighted by atomic mass is 32.2. The van der Waals surface area contributed by atoms with Gasteiger partial charge in [0.2, 0.25) is 10.0 Å². The topological polar surface area (TPSA) is 58.6 Å². The number of likely N-dealkylation sites (tertiary alicyclic amines) is 1. The van der Waals surface area contributed by atoms with Crippen molar-refractivity contribution in [2.75, 3.05) is 32.5 Å². The van der Waals surface area contributed by atoms with E-state index in [1.54, 1.807) is 18.4 Å². The van der Waals surface area contributed by atoms with E-state index in [0.29, 0.717) is 18.9 Å². The summed E-state index contributed by atoms with van der Waals surface area (Å²) in [4.78, 5) is 2.46. The Labute approximate surface area is 166 Å². The van der Waals surface area contributed by atoms with Gasteiger partial charge in [0.1, 0.15) is 5.75 Å². The highest BCUT2D eigenvalue weighted by Gasteiger charge is 2.21. The third kappa shape index (κ3) is 6.60. The largest absolute Gasteiger partial charge is 0.497 e. The summed E-state index contributed by atoms with van der Waals surface area (Å²) >= 11 is 1.73. The van der Waals surface area contributed by atoms with Gasteiger partial charge in [0.05, 0.1) is 12.9 Å². The molecule has 148 valence electrons. The smallest absolute Gasteiger partial charge is 0.211 e. The Morgan fingerprint density at radius 1 is 1.15 bits per heavy atom. The first kappa shape index (κ1) is 20.3. The molecule has 1 aliphatic rings. The van der Waals surface area contributed by atoms with E-state index in [9.17, 15) is 8.42 Å². The van der Waals surface area contributed by atoms with Gasteiger partial charge in [0.25, 0.3) is 0 Å². The Bertz CT molecular complexity index is 781. The van der Waals surface area contributed by atoms with Crippen LogP contribution >= 0.6 is 11.3 Å². The van der Waals surface area contributed by atoms with Crippen LogP contribution < -0.4 is 9.46 Å². The monoisotopic (exact) mass is 408 g/mol.